The highest BCUT2D eigenvalue weighted by Gasteiger charge is 2.19. The highest BCUT2D eigenvalue weighted by Crippen LogP contribution is 2.18. The molecule has 0 heterocycles. The lowest BCUT2D eigenvalue weighted by atomic mass is 10.0. The van der Waals surface area contributed by atoms with Gasteiger partial charge in [-0.1, -0.05) is 60.7 Å². The van der Waals surface area contributed by atoms with Gasteiger partial charge in [-0.15, -0.1) is 0 Å². The average molecular weight is 312 g/mol. The smallest absolute Gasteiger partial charge is 0.316 e. The summed E-state index contributed by atoms with van der Waals surface area (Å²) in [6.07, 6.45) is 0. The molecule has 2 aromatic rings. The van der Waals surface area contributed by atoms with Gasteiger partial charge in [0.25, 0.3) is 0 Å². The Morgan fingerprint density at radius 1 is 0.739 bits per heavy atom. The molecule has 0 amide bonds. The van der Waals surface area contributed by atoms with Crippen LogP contribution in [-0.4, -0.2) is 18.7 Å². The molecule has 23 heavy (non-hydrogen) atoms. The van der Waals surface area contributed by atoms with E-state index >= 15 is 0 Å². The number of hydrogen-bond donors (Lipinski definition) is 0. The second-order valence-corrected chi connectivity index (χ2v) is 5.31. The minimum absolute atomic E-state index is 0.369. The van der Waals surface area contributed by atoms with Crippen molar-refractivity contribution in [2.45, 2.75) is 25.7 Å². The monoisotopic (exact) mass is 312 g/mol. The van der Waals surface area contributed by atoms with Crippen LogP contribution >= 0.6 is 0 Å². The maximum atomic E-state index is 12.0. The SMILES string of the molecule is CC(C(=O)OCOC(=O)C(C)c1ccccc1)c1ccccc1. The summed E-state index contributed by atoms with van der Waals surface area (Å²) in [5.41, 5.74) is 1.72. The summed E-state index contributed by atoms with van der Waals surface area (Å²) in [6, 6.07) is 18.6. The van der Waals surface area contributed by atoms with Crippen LogP contribution < -0.4 is 0 Å². The third-order valence-corrected chi connectivity index (χ3v) is 3.71. The third kappa shape index (κ3) is 4.68. The highest BCUT2D eigenvalue weighted by molar-refractivity contribution is 5.79. The Hall–Kier alpha value is -2.62. The number of esters is 2. The van der Waals surface area contributed by atoms with Gasteiger partial charge < -0.3 is 9.47 Å². The van der Waals surface area contributed by atoms with E-state index in [1.165, 1.54) is 0 Å². The lowest BCUT2D eigenvalue weighted by molar-refractivity contribution is -0.168. The molecule has 0 saturated carbocycles. The zero-order valence-electron chi connectivity index (χ0n) is 13.3. The van der Waals surface area contributed by atoms with Gasteiger partial charge in [-0.05, 0) is 25.0 Å². The molecule has 4 nitrogen and oxygen atoms in total. The van der Waals surface area contributed by atoms with Crippen molar-refractivity contribution in [3.63, 3.8) is 0 Å². The second kappa shape index (κ2) is 8.13. The molecule has 2 unspecified atom stereocenters. The van der Waals surface area contributed by atoms with Crippen LogP contribution in [0.3, 0.4) is 0 Å². The van der Waals surface area contributed by atoms with Gasteiger partial charge in [-0.25, -0.2) is 0 Å². The number of carbonyl (C=O) groups is 2. The maximum absolute atomic E-state index is 12.0. The van der Waals surface area contributed by atoms with Gasteiger partial charge in [0.05, 0.1) is 11.8 Å². The van der Waals surface area contributed by atoms with E-state index in [4.69, 9.17) is 9.47 Å². The lowest BCUT2D eigenvalue weighted by Gasteiger charge is -2.14. The van der Waals surface area contributed by atoms with Gasteiger partial charge in [0.1, 0.15) is 0 Å². The first kappa shape index (κ1) is 16.7. The standard InChI is InChI=1S/C19H20O4/c1-14(16-9-5-3-6-10-16)18(20)22-13-23-19(21)15(2)17-11-7-4-8-12-17/h3-12,14-15H,13H2,1-2H3. The fourth-order valence-electron chi connectivity index (χ4n) is 2.15. The summed E-state index contributed by atoms with van der Waals surface area (Å²) in [6.45, 7) is 3.14. The lowest BCUT2D eigenvalue weighted by Crippen LogP contribution is -2.19. The Morgan fingerprint density at radius 2 is 1.09 bits per heavy atom. The molecule has 4 heteroatoms. The number of ether oxygens (including phenoxy) is 2. The van der Waals surface area contributed by atoms with E-state index in [2.05, 4.69) is 0 Å². The van der Waals surface area contributed by atoms with Crippen LogP contribution in [0.4, 0.5) is 0 Å². The molecule has 0 spiro atoms. The first-order valence-corrected chi connectivity index (χ1v) is 7.52. The van der Waals surface area contributed by atoms with Gasteiger partial charge in [-0.2, -0.15) is 0 Å². The maximum Gasteiger partial charge on any atom is 0.316 e. The largest absolute Gasteiger partial charge is 0.427 e. The molecule has 120 valence electrons. The molecule has 2 aromatic carbocycles. The van der Waals surface area contributed by atoms with E-state index in [0.29, 0.717) is 0 Å². The van der Waals surface area contributed by atoms with Gasteiger partial charge >= 0.3 is 11.9 Å². The summed E-state index contributed by atoms with van der Waals surface area (Å²) >= 11 is 0. The fraction of sp³-hybridized carbons (Fsp3) is 0.263. The molecule has 0 fully saturated rings. The van der Waals surface area contributed by atoms with Gasteiger partial charge in [0.15, 0.2) is 0 Å². The Morgan fingerprint density at radius 3 is 1.43 bits per heavy atom. The normalized spacial score (nSPS) is 13.0. The molecule has 2 atom stereocenters. The second-order valence-electron chi connectivity index (χ2n) is 5.31. The highest BCUT2D eigenvalue weighted by atomic mass is 16.7. The minimum Gasteiger partial charge on any atom is -0.427 e. The van der Waals surface area contributed by atoms with Crippen LogP contribution in [0.1, 0.15) is 36.8 Å². The van der Waals surface area contributed by atoms with Gasteiger partial charge in [0, 0.05) is 0 Å². The van der Waals surface area contributed by atoms with Crippen molar-refractivity contribution in [3.8, 4) is 0 Å². The molecule has 0 aliphatic heterocycles. The number of carbonyl (C=O) groups excluding carboxylic acids is 2. The van der Waals surface area contributed by atoms with E-state index in [1.54, 1.807) is 13.8 Å². The Balaban J connectivity index is 1.80. The number of benzene rings is 2. The molecule has 0 bridgehead atoms. The molecule has 0 aliphatic rings. The summed E-state index contributed by atoms with van der Waals surface area (Å²) in [4.78, 5) is 23.9. The molecule has 0 aliphatic carbocycles. The summed E-state index contributed by atoms with van der Waals surface area (Å²) in [7, 11) is 0. The Bertz CT molecular complexity index is 579. The van der Waals surface area contributed by atoms with Crippen LogP contribution in [0, 0.1) is 0 Å². The van der Waals surface area contributed by atoms with Crippen molar-refractivity contribution < 1.29 is 19.1 Å². The summed E-state index contributed by atoms with van der Waals surface area (Å²) < 4.78 is 10.1. The van der Waals surface area contributed by atoms with E-state index in [1.807, 2.05) is 60.7 Å². The average Bonchev–Trinajstić information content (AvgIpc) is 2.61. The Labute approximate surface area is 136 Å². The Kier molecular flexibility index (Phi) is 5.92. The predicted molar refractivity (Wildman–Crippen MR) is 86.8 cm³/mol. The molecule has 0 radical (unpaired) electrons. The molecular weight excluding hydrogens is 292 g/mol. The molecule has 0 aromatic heterocycles. The van der Waals surface area contributed by atoms with Crippen molar-refractivity contribution in [2.24, 2.45) is 0 Å². The van der Waals surface area contributed by atoms with Crippen molar-refractivity contribution >= 4 is 11.9 Å². The molecule has 2 rings (SSSR count). The number of hydrogen-bond acceptors (Lipinski definition) is 4. The van der Waals surface area contributed by atoms with E-state index in [0.717, 1.165) is 11.1 Å². The zero-order valence-corrected chi connectivity index (χ0v) is 13.3. The molecule has 0 saturated heterocycles. The van der Waals surface area contributed by atoms with Crippen molar-refractivity contribution in [3.05, 3.63) is 71.8 Å². The molecule has 0 N–H and O–H groups in total. The van der Waals surface area contributed by atoms with E-state index < -0.39 is 23.8 Å². The van der Waals surface area contributed by atoms with Crippen LogP contribution in [-0.2, 0) is 19.1 Å². The number of rotatable bonds is 6. The van der Waals surface area contributed by atoms with Gasteiger partial charge in [0.2, 0.25) is 6.79 Å². The van der Waals surface area contributed by atoms with E-state index in [9.17, 15) is 9.59 Å². The van der Waals surface area contributed by atoms with Crippen LogP contribution in [0.15, 0.2) is 60.7 Å². The van der Waals surface area contributed by atoms with Crippen LogP contribution in [0.2, 0.25) is 0 Å². The van der Waals surface area contributed by atoms with Crippen molar-refractivity contribution in [1.29, 1.82) is 0 Å². The quantitative estimate of drug-likeness (QED) is 0.603. The van der Waals surface area contributed by atoms with E-state index in [-0.39, 0.29) is 6.79 Å². The summed E-state index contributed by atoms with van der Waals surface area (Å²) in [5.74, 6) is -1.64. The van der Waals surface area contributed by atoms with Crippen molar-refractivity contribution in [2.75, 3.05) is 6.79 Å². The summed E-state index contributed by atoms with van der Waals surface area (Å²) in [5, 5.41) is 0. The minimum atomic E-state index is -0.420. The zero-order chi connectivity index (χ0) is 16.7. The van der Waals surface area contributed by atoms with Gasteiger partial charge in [-0.3, -0.25) is 9.59 Å². The molecular formula is C19H20O4. The topological polar surface area (TPSA) is 52.6 Å². The first-order valence-electron chi connectivity index (χ1n) is 7.52. The van der Waals surface area contributed by atoms with Crippen molar-refractivity contribution in [1.82, 2.24) is 0 Å². The first-order chi connectivity index (χ1) is 11.1. The predicted octanol–water partition coefficient (Wildman–Crippen LogP) is 3.64. The fourth-order valence-corrected chi connectivity index (χ4v) is 2.15. The van der Waals surface area contributed by atoms with Crippen LogP contribution in [0.25, 0.3) is 0 Å². The van der Waals surface area contributed by atoms with Crippen LogP contribution in [0.5, 0.6) is 0 Å². The third-order valence-electron chi connectivity index (χ3n) is 3.71.